The van der Waals surface area contributed by atoms with Crippen LogP contribution >= 0.6 is 11.6 Å². The minimum absolute atomic E-state index is 0.00281. The average molecular weight is 293 g/mol. The van der Waals surface area contributed by atoms with Crippen LogP contribution in [0.25, 0.3) is 0 Å². The van der Waals surface area contributed by atoms with Crippen LogP contribution in [0.1, 0.15) is 24.8 Å². The van der Waals surface area contributed by atoms with Crippen LogP contribution in [0.2, 0.25) is 5.02 Å². The van der Waals surface area contributed by atoms with E-state index in [-0.39, 0.29) is 24.2 Å². The maximum atomic E-state index is 12.2. The first-order valence-corrected chi connectivity index (χ1v) is 7.30. The Kier molecular flexibility index (Phi) is 3.42. The van der Waals surface area contributed by atoms with Crippen LogP contribution in [0.15, 0.2) is 18.2 Å². The third-order valence-electron chi connectivity index (χ3n) is 3.95. The van der Waals surface area contributed by atoms with Crippen molar-refractivity contribution in [2.45, 2.75) is 32.2 Å². The first-order chi connectivity index (χ1) is 9.56. The Hall–Kier alpha value is -1.55. The molecule has 5 heteroatoms. The molecule has 1 atom stereocenters. The van der Waals surface area contributed by atoms with Crippen molar-refractivity contribution in [1.29, 1.82) is 0 Å². The van der Waals surface area contributed by atoms with Gasteiger partial charge >= 0.3 is 0 Å². The van der Waals surface area contributed by atoms with Crippen molar-refractivity contribution in [3.05, 3.63) is 28.8 Å². The van der Waals surface area contributed by atoms with Crippen molar-refractivity contribution in [2.24, 2.45) is 5.92 Å². The molecule has 1 N–H and O–H groups in total. The number of hydrogen-bond acceptors (Lipinski definition) is 2. The van der Waals surface area contributed by atoms with Crippen molar-refractivity contribution in [3.8, 4) is 0 Å². The van der Waals surface area contributed by atoms with Gasteiger partial charge in [-0.25, -0.2) is 0 Å². The first kappa shape index (κ1) is 13.4. The molecular formula is C15H17ClN2O2. The molecule has 0 spiro atoms. The molecular weight excluding hydrogens is 276 g/mol. The predicted molar refractivity (Wildman–Crippen MR) is 77.8 cm³/mol. The summed E-state index contributed by atoms with van der Waals surface area (Å²) in [6.07, 6.45) is 2.40. The van der Waals surface area contributed by atoms with Gasteiger partial charge in [0.1, 0.15) is 0 Å². The molecule has 2 aliphatic rings. The Morgan fingerprint density at radius 3 is 2.85 bits per heavy atom. The highest BCUT2D eigenvalue weighted by Gasteiger charge is 2.37. The number of nitrogens with one attached hydrogen (secondary N) is 1. The second-order valence-corrected chi connectivity index (χ2v) is 5.98. The van der Waals surface area contributed by atoms with E-state index in [2.05, 4.69) is 5.32 Å². The highest BCUT2D eigenvalue weighted by molar-refractivity contribution is 6.31. The van der Waals surface area contributed by atoms with E-state index < -0.39 is 0 Å². The highest BCUT2D eigenvalue weighted by atomic mass is 35.5. The number of amides is 2. The third-order valence-corrected chi connectivity index (χ3v) is 4.36. The molecule has 1 aliphatic carbocycles. The van der Waals surface area contributed by atoms with Crippen LogP contribution in [-0.4, -0.2) is 24.4 Å². The van der Waals surface area contributed by atoms with Crippen molar-refractivity contribution in [1.82, 2.24) is 5.32 Å². The zero-order valence-electron chi connectivity index (χ0n) is 11.4. The normalized spacial score (nSPS) is 22.2. The Balaban J connectivity index is 1.76. The largest absolute Gasteiger partial charge is 0.353 e. The highest BCUT2D eigenvalue weighted by Crippen LogP contribution is 2.31. The molecule has 106 valence electrons. The number of rotatable bonds is 3. The van der Waals surface area contributed by atoms with Crippen molar-refractivity contribution < 1.29 is 9.59 Å². The number of halogens is 1. The monoisotopic (exact) mass is 292 g/mol. The molecule has 0 bridgehead atoms. The quantitative estimate of drug-likeness (QED) is 0.929. The molecule has 1 heterocycles. The minimum atomic E-state index is -0.249. The van der Waals surface area contributed by atoms with Gasteiger partial charge in [0, 0.05) is 29.7 Å². The van der Waals surface area contributed by atoms with E-state index >= 15 is 0 Å². The Labute approximate surface area is 123 Å². The van der Waals surface area contributed by atoms with Crippen LogP contribution in [-0.2, 0) is 9.59 Å². The molecule has 1 aromatic carbocycles. The second kappa shape index (κ2) is 5.09. The summed E-state index contributed by atoms with van der Waals surface area (Å²) in [7, 11) is 0. The lowest BCUT2D eigenvalue weighted by Gasteiger charge is -2.19. The maximum Gasteiger partial charge on any atom is 0.227 e. The fourth-order valence-electron chi connectivity index (χ4n) is 2.55. The van der Waals surface area contributed by atoms with Crippen LogP contribution in [0.4, 0.5) is 5.69 Å². The van der Waals surface area contributed by atoms with E-state index in [1.165, 1.54) is 0 Å². The topological polar surface area (TPSA) is 49.4 Å². The summed E-state index contributed by atoms with van der Waals surface area (Å²) >= 11 is 6.10. The third kappa shape index (κ3) is 2.52. The lowest BCUT2D eigenvalue weighted by molar-refractivity contribution is -0.126. The van der Waals surface area contributed by atoms with Gasteiger partial charge in [0.2, 0.25) is 11.8 Å². The summed E-state index contributed by atoms with van der Waals surface area (Å²) in [5.41, 5.74) is 1.69. The second-order valence-electron chi connectivity index (χ2n) is 5.57. The molecule has 4 nitrogen and oxygen atoms in total. The van der Waals surface area contributed by atoms with Gasteiger partial charge in [0.15, 0.2) is 0 Å². The van der Waals surface area contributed by atoms with Gasteiger partial charge in [-0.1, -0.05) is 17.7 Å². The van der Waals surface area contributed by atoms with Gasteiger partial charge in [-0.2, -0.15) is 0 Å². The summed E-state index contributed by atoms with van der Waals surface area (Å²) in [5.74, 6) is -0.254. The van der Waals surface area contributed by atoms with Crippen molar-refractivity contribution >= 4 is 29.1 Å². The van der Waals surface area contributed by atoms with Gasteiger partial charge in [-0.15, -0.1) is 0 Å². The first-order valence-electron chi connectivity index (χ1n) is 6.92. The van der Waals surface area contributed by atoms with Crippen LogP contribution < -0.4 is 10.2 Å². The molecule has 0 unspecified atom stereocenters. The van der Waals surface area contributed by atoms with Crippen molar-refractivity contribution in [2.75, 3.05) is 11.4 Å². The molecule has 1 saturated carbocycles. The summed E-state index contributed by atoms with van der Waals surface area (Å²) in [6, 6.07) is 5.84. The summed E-state index contributed by atoms with van der Waals surface area (Å²) in [4.78, 5) is 25.9. The van der Waals surface area contributed by atoms with Crippen LogP contribution in [0.3, 0.4) is 0 Å². The lowest BCUT2D eigenvalue weighted by atomic mass is 10.1. The van der Waals surface area contributed by atoms with Gasteiger partial charge in [-0.05, 0) is 37.5 Å². The summed E-state index contributed by atoms with van der Waals surface area (Å²) in [6.45, 7) is 2.33. The zero-order valence-corrected chi connectivity index (χ0v) is 12.1. The molecule has 2 fully saturated rings. The molecule has 0 radical (unpaired) electrons. The SMILES string of the molecule is Cc1c(Cl)cccc1N1C[C@H](C(=O)NC2CC2)CC1=O. The Bertz CT molecular complexity index is 569. The van der Waals surface area contributed by atoms with E-state index in [4.69, 9.17) is 11.6 Å². The van der Waals surface area contributed by atoms with E-state index in [0.717, 1.165) is 24.1 Å². The fourth-order valence-corrected chi connectivity index (χ4v) is 2.72. The van der Waals surface area contributed by atoms with Crippen LogP contribution in [0.5, 0.6) is 0 Å². The molecule has 1 aliphatic heterocycles. The molecule has 20 heavy (non-hydrogen) atoms. The van der Waals surface area contributed by atoms with E-state index in [1.54, 1.807) is 11.0 Å². The summed E-state index contributed by atoms with van der Waals surface area (Å²) in [5, 5.41) is 3.61. The van der Waals surface area contributed by atoms with E-state index in [9.17, 15) is 9.59 Å². The molecule has 3 rings (SSSR count). The smallest absolute Gasteiger partial charge is 0.227 e. The Morgan fingerprint density at radius 1 is 1.40 bits per heavy atom. The van der Waals surface area contributed by atoms with E-state index in [1.807, 2.05) is 19.1 Å². The molecule has 1 saturated heterocycles. The van der Waals surface area contributed by atoms with Gasteiger partial charge in [-0.3, -0.25) is 9.59 Å². The number of anilines is 1. The van der Waals surface area contributed by atoms with Crippen LogP contribution in [0, 0.1) is 12.8 Å². The minimum Gasteiger partial charge on any atom is -0.353 e. The van der Waals surface area contributed by atoms with E-state index in [0.29, 0.717) is 17.6 Å². The van der Waals surface area contributed by atoms with Crippen molar-refractivity contribution in [3.63, 3.8) is 0 Å². The molecule has 1 aromatic rings. The number of benzene rings is 1. The van der Waals surface area contributed by atoms with Gasteiger partial charge < -0.3 is 10.2 Å². The zero-order chi connectivity index (χ0) is 14.3. The van der Waals surface area contributed by atoms with Gasteiger partial charge in [0.25, 0.3) is 0 Å². The number of carbonyl (C=O) groups is 2. The number of carbonyl (C=O) groups excluding carboxylic acids is 2. The number of nitrogens with zero attached hydrogens (tertiary/aromatic N) is 1. The molecule has 2 amide bonds. The standard InChI is InChI=1S/C15H17ClN2O2/c1-9-12(16)3-2-4-13(9)18-8-10(7-14(18)19)15(20)17-11-5-6-11/h2-4,10-11H,5-8H2,1H3,(H,17,20)/t10-/m1/s1. The number of hydrogen-bond donors (Lipinski definition) is 1. The lowest BCUT2D eigenvalue weighted by Crippen LogP contribution is -2.34. The molecule has 0 aromatic heterocycles. The average Bonchev–Trinajstić information content (AvgIpc) is 3.14. The fraction of sp³-hybridized carbons (Fsp3) is 0.467. The Morgan fingerprint density at radius 2 is 2.15 bits per heavy atom. The maximum absolute atomic E-state index is 12.2. The summed E-state index contributed by atoms with van der Waals surface area (Å²) < 4.78 is 0. The van der Waals surface area contributed by atoms with Gasteiger partial charge in [0.05, 0.1) is 5.92 Å². The predicted octanol–water partition coefficient (Wildman–Crippen LogP) is 2.28.